The molecule has 1 amide bonds. The number of hydrogen-bond donors (Lipinski definition) is 0. The van der Waals surface area contributed by atoms with E-state index >= 15 is 0 Å². The zero-order valence-electron chi connectivity index (χ0n) is 20.2. The average Bonchev–Trinajstić information content (AvgIpc) is 3.31. The van der Waals surface area contributed by atoms with Crippen LogP contribution >= 0.6 is 0 Å². The predicted octanol–water partition coefficient (Wildman–Crippen LogP) is 6.88. The van der Waals surface area contributed by atoms with Crippen molar-refractivity contribution >= 4 is 11.6 Å². The molecule has 9 heteroatoms. The van der Waals surface area contributed by atoms with Crippen molar-refractivity contribution in [1.82, 2.24) is 4.90 Å². The lowest BCUT2D eigenvalue weighted by atomic mass is 9.62. The van der Waals surface area contributed by atoms with Crippen molar-refractivity contribution in [1.29, 1.82) is 0 Å². The van der Waals surface area contributed by atoms with E-state index in [4.69, 9.17) is 0 Å². The minimum atomic E-state index is -4.31. The SMILES string of the molecule is C/N=N\C(=C/C(C)[C@H]1CC[C@](C)(C(=O)N2CCC(C(F)(F)F)C2)C1(C)C)c1c(F)cccc1F. The molecule has 34 heavy (non-hydrogen) atoms. The van der Waals surface area contributed by atoms with E-state index in [-0.39, 0.29) is 48.5 Å². The molecular weight excluding hydrogens is 453 g/mol. The van der Waals surface area contributed by atoms with Crippen LogP contribution in [0.1, 0.15) is 52.5 Å². The number of rotatable bonds is 5. The Kier molecular flexibility index (Phi) is 7.25. The number of allylic oxidation sites excluding steroid dienone is 1. The molecule has 1 saturated carbocycles. The summed E-state index contributed by atoms with van der Waals surface area (Å²) in [5, 5.41) is 7.68. The lowest BCUT2D eigenvalue weighted by Crippen LogP contribution is -2.49. The van der Waals surface area contributed by atoms with Gasteiger partial charge in [0, 0.05) is 20.1 Å². The Morgan fingerprint density at radius 2 is 1.79 bits per heavy atom. The number of benzene rings is 1. The first kappa shape index (κ1) is 26.3. The van der Waals surface area contributed by atoms with Crippen molar-refractivity contribution in [2.24, 2.45) is 38.8 Å². The third-order valence-corrected chi connectivity index (χ3v) is 8.20. The van der Waals surface area contributed by atoms with Gasteiger partial charge in [0.05, 0.1) is 22.6 Å². The number of amides is 1. The summed E-state index contributed by atoms with van der Waals surface area (Å²) in [7, 11) is 1.41. The molecule has 188 valence electrons. The van der Waals surface area contributed by atoms with Gasteiger partial charge in [-0.15, -0.1) is 0 Å². The molecule has 2 fully saturated rings. The minimum absolute atomic E-state index is 0.0562. The van der Waals surface area contributed by atoms with Crippen molar-refractivity contribution in [3.63, 3.8) is 0 Å². The molecule has 1 heterocycles. The summed E-state index contributed by atoms with van der Waals surface area (Å²) in [6.45, 7) is 7.44. The molecule has 1 aliphatic carbocycles. The summed E-state index contributed by atoms with van der Waals surface area (Å²) in [6.07, 6.45) is -1.54. The van der Waals surface area contributed by atoms with Crippen LogP contribution in [0.3, 0.4) is 0 Å². The molecule has 0 N–H and O–H groups in total. The largest absolute Gasteiger partial charge is 0.393 e. The fourth-order valence-corrected chi connectivity index (χ4v) is 5.78. The highest BCUT2D eigenvalue weighted by atomic mass is 19.4. The van der Waals surface area contributed by atoms with Gasteiger partial charge < -0.3 is 4.90 Å². The topological polar surface area (TPSA) is 45.0 Å². The Labute approximate surface area is 197 Å². The molecule has 0 radical (unpaired) electrons. The van der Waals surface area contributed by atoms with Gasteiger partial charge in [0.1, 0.15) is 11.6 Å². The number of carbonyl (C=O) groups excluding carboxylic acids is 1. The van der Waals surface area contributed by atoms with Crippen molar-refractivity contribution in [3.05, 3.63) is 41.5 Å². The standard InChI is InChI=1S/C25H32F5N3O/c1-15(13-20(32-31-5)21-18(26)7-6-8-19(21)27)17-9-11-24(4,23(17,2)3)22(34)33-12-10-16(14-33)25(28,29)30/h6-8,13,15-17H,9-12,14H2,1-5H3/b20-13-,32-31-/t15?,16?,17-,24-/m1/s1. The summed E-state index contributed by atoms with van der Waals surface area (Å²) >= 11 is 0. The van der Waals surface area contributed by atoms with E-state index in [0.29, 0.717) is 12.8 Å². The second kappa shape index (κ2) is 9.38. The lowest BCUT2D eigenvalue weighted by molar-refractivity contribution is -0.172. The van der Waals surface area contributed by atoms with Gasteiger partial charge >= 0.3 is 6.18 Å². The van der Waals surface area contributed by atoms with Crippen LogP contribution in [-0.2, 0) is 4.79 Å². The Morgan fingerprint density at radius 3 is 2.32 bits per heavy atom. The molecule has 2 unspecified atom stereocenters. The van der Waals surface area contributed by atoms with E-state index in [2.05, 4.69) is 10.2 Å². The molecule has 0 spiro atoms. The van der Waals surface area contributed by atoms with Crippen LogP contribution in [-0.4, -0.2) is 37.1 Å². The maximum Gasteiger partial charge on any atom is 0.393 e. The summed E-state index contributed by atoms with van der Waals surface area (Å²) in [4.78, 5) is 14.8. The molecule has 1 aromatic carbocycles. The summed E-state index contributed by atoms with van der Waals surface area (Å²) in [6, 6.07) is 3.58. The number of halogens is 5. The fraction of sp³-hybridized carbons (Fsp3) is 0.640. The molecule has 0 bridgehead atoms. The first-order valence-corrected chi connectivity index (χ1v) is 11.6. The maximum atomic E-state index is 14.4. The van der Waals surface area contributed by atoms with E-state index in [1.165, 1.54) is 18.0 Å². The fourth-order valence-electron chi connectivity index (χ4n) is 5.78. The second-order valence-corrected chi connectivity index (χ2v) is 10.3. The number of carbonyl (C=O) groups is 1. The van der Waals surface area contributed by atoms with E-state index in [0.717, 1.165) is 12.1 Å². The van der Waals surface area contributed by atoms with Crippen LogP contribution in [0, 0.1) is 40.2 Å². The monoisotopic (exact) mass is 485 g/mol. The van der Waals surface area contributed by atoms with Gasteiger partial charge in [-0.2, -0.15) is 23.4 Å². The van der Waals surface area contributed by atoms with E-state index in [1.807, 2.05) is 27.7 Å². The zero-order valence-corrected chi connectivity index (χ0v) is 20.2. The van der Waals surface area contributed by atoms with E-state index < -0.39 is 34.6 Å². The molecule has 2 aliphatic rings. The van der Waals surface area contributed by atoms with Gasteiger partial charge in [0.15, 0.2) is 0 Å². The Morgan fingerprint density at radius 1 is 1.18 bits per heavy atom. The molecule has 3 rings (SSSR count). The van der Waals surface area contributed by atoms with Crippen LogP contribution in [0.5, 0.6) is 0 Å². The van der Waals surface area contributed by atoms with Crippen molar-refractivity contribution in [2.75, 3.05) is 20.1 Å². The highest BCUT2D eigenvalue weighted by Gasteiger charge is 2.58. The number of azo groups is 1. The Bertz CT molecular complexity index is 967. The summed E-state index contributed by atoms with van der Waals surface area (Å²) in [5.41, 5.74) is -1.60. The third-order valence-electron chi connectivity index (χ3n) is 8.20. The van der Waals surface area contributed by atoms with Gasteiger partial charge in [-0.3, -0.25) is 4.79 Å². The van der Waals surface area contributed by atoms with E-state index in [9.17, 15) is 26.7 Å². The Hall–Kier alpha value is -2.32. The normalized spacial score (nSPS) is 28.6. The van der Waals surface area contributed by atoms with Crippen molar-refractivity contribution in [2.45, 2.75) is 53.1 Å². The van der Waals surface area contributed by atoms with Crippen molar-refractivity contribution < 1.29 is 26.7 Å². The van der Waals surface area contributed by atoms with Crippen LogP contribution in [0.15, 0.2) is 34.5 Å². The predicted molar refractivity (Wildman–Crippen MR) is 120 cm³/mol. The second-order valence-electron chi connectivity index (χ2n) is 10.3. The zero-order chi connectivity index (χ0) is 25.5. The van der Waals surface area contributed by atoms with Crippen LogP contribution in [0.25, 0.3) is 5.70 Å². The highest BCUT2D eigenvalue weighted by molar-refractivity contribution is 5.84. The van der Waals surface area contributed by atoms with Gasteiger partial charge in [-0.05, 0) is 48.6 Å². The van der Waals surface area contributed by atoms with Crippen LogP contribution in [0.2, 0.25) is 0 Å². The number of alkyl halides is 3. The number of hydrogen-bond acceptors (Lipinski definition) is 3. The summed E-state index contributed by atoms with van der Waals surface area (Å²) < 4.78 is 68.3. The lowest BCUT2D eigenvalue weighted by Gasteiger charge is -2.44. The maximum absolute atomic E-state index is 14.4. The molecule has 4 atom stereocenters. The highest BCUT2D eigenvalue weighted by Crippen LogP contribution is 2.59. The Balaban J connectivity index is 1.87. The quantitative estimate of drug-likeness (QED) is 0.331. The van der Waals surface area contributed by atoms with Gasteiger partial charge in [-0.25, -0.2) is 8.78 Å². The first-order valence-electron chi connectivity index (χ1n) is 11.6. The van der Waals surface area contributed by atoms with Gasteiger partial charge in [0.2, 0.25) is 5.91 Å². The molecule has 1 saturated heterocycles. The number of nitrogens with zero attached hydrogens (tertiary/aromatic N) is 3. The van der Waals surface area contributed by atoms with Gasteiger partial charge in [0.25, 0.3) is 0 Å². The molecule has 1 aliphatic heterocycles. The first-order chi connectivity index (χ1) is 15.7. The minimum Gasteiger partial charge on any atom is -0.342 e. The molecule has 4 nitrogen and oxygen atoms in total. The van der Waals surface area contributed by atoms with Crippen LogP contribution in [0.4, 0.5) is 22.0 Å². The molecule has 0 aromatic heterocycles. The van der Waals surface area contributed by atoms with Crippen LogP contribution < -0.4 is 0 Å². The molecule has 1 aromatic rings. The number of likely N-dealkylation sites (tertiary alicyclic amines) is 1. The van der Waals surface area contributed by atoms with E-state index in [1.54, 1.807) is 6.08 Å². The van der Waals surface area contributed by atoms with Gasteiger partial charge in [-0.1, -0.05) is 39.8 Å². The van der Waals surface area contributed by atoms with Crippen molar-refractivity contribution in [3.8, 4) is 0 Å². The summed E-state index contributed by atoms with van der Waals surface area (Å²) in [5.74, 6) is -3.50. The smallest absolute Gasteiger partial charge is 0.342 e. The average molecular weight is 486 g/mol. The molecular formula is C25H32F5N3O. The third kappa shape index (κ3) is 4.62.